The topological polar surface area (TPSA) is 109 Å². The minimum Gasteiger partial charge on any atom is -0.494 e. The molecule has 0 unspecified atom stereocenters. The maximum atomic E-state index is 12.7. The van der Waals surface area contributed by atoms with Crippen LogP contribution in [0.3, 0.4) is 0 Å². The highest BCUT2D eigenvalue weighted by Gasteiger charge is 2.17. The van der Waals surface area contributed by atoms with Gasteiger partial charge in [-0.2, -0.15) is 5.10 Å². The summed E-state index contributed by atoms with van der Waals surface area (Å²) in [4.78, 5) is 37.2. The first kappa shape index (κ1) is 25.5. The number of amides is 3. The second kappa shape index (κ2) is 12.9. The van der Waals surface area contributed by atoms with Crippen molar-refractivity contribution in [2.75, 3.05) is 17.2 Å². The minimum absolute atomic E-state index is 0.182. The van der Waals surface area contributed by atoms with Crippen LogP contribution in [-0.2, 0) is 9.59 Å². The Bertz CT molecular complexity index is 1190. The third kappa shape index (κ3) is 7.97. The van der Waals surface area contributed by atoms with E-state index in [-0.39, 0.29) is 11.3 Å². The van der Waals surface area contributed by atoms with E-state index in [2.05, 4.69) is 28.1 Å². The number of hydrogen-bond donors (Lipinski definition) is 3. The van der Waals surface area contributed by atoms with Gasteiger partial charge in [-0.05, 0) is 72.6 Å². The molecule has 0 aliphatic rings. The summed E-state index contributed by atoms with van der Waals surface area (Å²) in [6.07, 6.45) is 3.45. The molecule has 0 bridgehead atoms. The maximum absolute atomic E-state index is 12.7. The first-order valence-corrected chi connectivity index (χ1v) is 11.4. The quantitative estimate of drug-likeness (QED) is 0.171. The average Bonchev–Trinajstić information content (AvgIpc) is 2.86. The Morgan fingerprint density at radius 2 is 1.63 bits per heavy atom. The number of carbonyl (C=O) groups is 3. The van der Waals surface area contributed by atoms with Crippen LogP contribution in [0.1, 0.15) is 35.7 Å². The molecule has 8 nitrogen and oxygen atoms in total. The highest BCUT2D eigenvalue weighted by atomic mass is 35.5. The summed E-state index contributed by atoms with van der Waals surface area (Å²) in [5.41, 5.74) is 3.80. The first-order valence-electron chi connectivity index (χ1n) is 11.0. The van der Waals surface area contributed by atoms with Crippen molar-refractivity contribution in [3.05, 3.63) is 88.9 Å². The van der Waals surface area contributed by atoms with Gasteiger partial charge >= 0.3 is 11.8 Å². The van der Waals surface area contributed by atoms with Crippen LogP contribution >= 0.6 is 11.6 Å². The molecule has 35 heavy (non-hydrogen) atoms. The Hall–Kier alpha value is -4.17. The van der Waals surface area contributed by atoms with E-state index in [1.807, 2.05) is 0 Å². The van der Waals surface area contributed by atoms with Gasteiger partial charge in [-0.3, -0.25) is 14.4 Å². The number of para-hydroxylation sites is 1. The van der Waals surface area contributed by atoms with Crippen molar-refractivity contribution >= 4 is 46.9 Å². The molecular formula is C26H25ClN4O4. The van der Waals surface area contributed by atoms with Gasteiger partial charge in [-0.25, -0.2) is 5.43 Å². The van der Waals surface area contributed by atoms with E-state index in [1.54, 1.807) is 60.7 Å². The number of hydrogen-bond acceptors (Lipinski definition) is 5. The lowest BCUT2D eigenvalue weighted by atomic mass is 10.1. The number of carbonyl (C=O) groups excluding carboxylic acids is 3. The third-order valence-electron chi connectivity index (χ3n) is 4.75. The van der Waals surface area contributed by atoms with Gasteiger partial charge in [-0.15, -0.1) is 0 Å². The molecule has 0 saturated carbocycles. The van der Waals surface area contributed by atoms with Gasteiger partial charge < -0.3 is 15.4 Å². The van der Waals surface area contributed by atoms with Crippen LogP contribution in [0.25, 0.3) is 0 Å². The molecule has 0 fully saturated rings. The fourth-order valence-corrected chi connectivity index (χ4v) is 3.03. The van der Waals surface area contributed by atoms with Crippen molar-refractivity contribution in [1.29, 1.82) is 0 Å². The Labute approximate surface area is 208 Å². The zero-order chi connectivity index (χ0) is 25.0. The lowest BCUT2D eigenvalue weighted by molar-refractivity contribution is -0.136. The standard InChI is InChI=1S/C26H25ClN4O4/c1-2-3-16-35-21-14-8-18(9-15-21)17-28-31-26(34)25(33)30-23-7-5-4-6-22(23)24(32)29-20-12-10-19(27)11-13-20/h4-15,17H,2-3,16H2,1H3,(H,29,32)(H,30,33)(H,31,34)/b28-17-. The van der Waals surface area contributed by atoms with Gasteiger partial charge in [0, 0.05) is 10.7 Å². The molecule has 0 aliphatic heterocycles. The number of unbranched alkanes of at least 4 members (excludes halogenated alkanes) is 1. The van der Waals surface area contributed by atoms with Crippen LogP contribution in [0.4, 0.5) is 11.4 Å². The number of rotatable bonds is 9. The summed E-state index contributed by atoms with van der Waals surface area (Å²) in [6.45, 7) is 2.75. The summed E-state index contributed by atoms with van der Waals surface area (Å²) in [5.74, 6) is -1.65. The van der Waals surface area contributed by atoms with Crippen molar-refractivity contribution in [2.24, 2.45) is 5.10 Å². The van der Waals surface area contributed by atoms with Crippen LogP contribution in [0.5, 0.6) is 5.75 Å². The number of nitrogens with zero attached hydrogens (tertiary/aromatic N) is 1. The smallest absolute Gasteiger partial charge is 0.329 e. The number of ether oxygens (including phenoxy) is 1. The molecule has 0 aromatic heterocycles. The molecule has 0 radical (unpaired) electrons. The summed E-state index contributed by atoms with van der Waals surface area (Å²) < 4.78 is 5.60. The monoisotopic (exact) mass is 492 g/mol. The lowest BCUT2D eigenvalue weighted by Gasteiger charge is -2.11. The number of nitrogens with one attached hydrogen (secondary N) is 3. The van der Waals surface area contributed by atoms with Crippen molar-refractivity contribution < 1.29 is 19.1 Å². The number of anilines is 2. The zero-order valence-electron chi connectivity index (χ0n) is 19.1. The van der Waals surface area contributed by atoms with Gasteiger partial charge in [0.25, 0.3) is 5.91 Å². The van der Waals surface area contributed by atoms with Gasteiger partial charge in [-0.1, -0.05) is 37.1 Å². The van der Waals surface area contributed by atoms with Gasteiger partial charge in [0.2, 0.25) is 0 Å². The molecule has 3 rings (SSSR count). The molecule has 0 spiro atoms. The molecule has 3 aromatic rings. The fraction of sp³-hybridized carbons (Fsp3) is 0.154. The van der Waals surface area contributed by atoms with E-state index >= 15 is 0 Å². The van der Waals surface area contributed by atoms with E-state index in [1.165, 1.54) is 18.3 Å². The lowest BCUT2D eigenvalue weighted by Crippen LogP contribution is -2.33. The predicted molar refractivity (Wildman–Crippen MR) is 137 cm³/mol. The normalized spacial score (nSPS) is 10.6. The van der Waals surface area contributed by atoms with Crippen molar-refractivity contribution in [1.82, 2.24) is 5.43 Å². The zero-order valence-corrected chi connectivity index (χ0v) is 19.8. The third-order valence-corrected chi connectivity index (χ3v) is 5.01. The van der Waals surface area contributed by atoms with Gasteiger partial charge in [0.1, 0.15) is 5.75 Å². The molecule has 180 valence electrons. The van der Waals surface area contributed by atoms with E-state index in [9.17, 15) is 14.4 Å². The number of hydrazone groups is 1. The predicted octanol–water partition coefficient (Wildman–Crippen LogP) is 4.86. The highest BCUT2D eigenvalue weighted by Crippen LogP contribution is 2.19. The molecule has 3 amide bonds. The van der Waals surface area contributed by atoms with E-state index in [0.717, 1.165) is 24.2 Å². The first-order chi connectivity index (χ1) is 17.0. The maximum Gasteiger partial charge on any atom is 0.329 e. The number of halogens is 1. The Morgan fingerprint density at radius 3 is 2.34 bits per heavy atom. The largest absolute Gasteiger partial charge is 0.494 e. The second-order valence-corrected chi connectivity index (χ2v) is 7.87. The molecular weight excluding hydrogens is 468 g/mol. The average molecular weight is 493 g/mol. The van der Waals surface area contributed by atoms with E-state index in [0.29, 0.717) is 17.3 Å². The van der Waals surface area contributed by atoms with Crippen molar-refractivity contribution in [3.8, 4) is 5.75 Å². The highest BCUT2D eigenvalue weighted by molar-refractivity contribution is 6.40. The van der Waals surface area contributed by atoms with Crippen LogP contribution in [-0.4, -0.2) is 30.5 Å². The van der Waals surface area contributed by atoms with E-state index in [4.69, 9.17) is 16.3 Å². The van der Waals surface area contributed by atoms with Crippen LogP contribution in [0.15, 0.2) is 77.9 Å². The second-order valence-electron chi connectivity index (χ2n) is 7.43. The molecule has 0 aliphatic carbocycles. The van der Waals surface area contributed by atoms with Crippen LogP contribution in [0, 0.1) is 0 Å². The van der Waals surface area contributed by atoms with Crippen LogP contribution in [0.2, 0.25) is 5.02 Å². The molecule has 3 aromatic carbocycles. The molecule has 9 heteroatoms. The fourth-order valence-electron chi connectivity index (χ4n) is 2.90. The Kier molecular flexibility index (Phi) is 9.39. The van der Waals surface area contributed by atoms with Crippen molar-refractivity contribution in [2.45, 2.75) is 19.8 Å². The Morgan fingerprint density at radius 1 is 0.914 bits per heavy atom. The van der Waals surface area contributed by atoms with Gasteiger partial charge in [0.15, 0.2) is 0 Å². The van der Waals surface area contributed by atoms with Crippen LogP contribution < -0.4 is 20.8 Å². The SMILES string of the molecule is CCCCOc1ccc(/C=N\NC(=O)C(=O)Nc2ccccc2C(=O)Nc2ccc(Cl)cc2)cc1. The summed E-state index contributed by atoms with van der Waals surface area (Å²) >= 11 is 5.86. The number of benzene rings is 3. The summed E-state index contributed by atoms with van der Waals surface area (Å²) in [5, 5.41) is 9.51. The minimum atomic E-state index is -0.978. The van der Waals surface area contributed by atoms with Gasteiger partial charge in [0.05, 0.1) is 24.1 Å². The summed E-state index contributed by atoms with van der Waals surface area (Å²) in [7, 11) is 0. The Balaban J connectivity index is 1.55. The molecule has 0 heterocycles. The van der Waals surface area contributed by atoms with E-state index < -0.39 is 17.7 Å². The van der Waals surface area contributed by atoms with Crippen molar-refractivity contribution in [3.63, 3.8) is 0 Å². The molecule has 0 saturated heterocycles. The summed E-state index contributed by atoms with van der Waals surface area (Å²) in [6, 6.07) is 20.1. The molecule has 3 N–H and O–H groups in total. The molecule has 0 atom stereocenters.